The van der Waals surface area contributed by atoms with Gasteiger partial charge in [0.25, 0.3) is 0 Å². The summed E-state index contributed by atoms with van der Waals surface area (Å²) in [6, 6.07) is 0.330. The molecular formula is C16H32N2O. The van der Waals surface area contributed by atoms with Crippen LogP contribution in [-0.4, -0.2) is 18.5 Å². The molecule has 1 aliphatic rings. The number of amides is 1. The largest absolute Gasteiger partial charge is 0.353 e. The quantitative estimate of drug-likeness (QED) is 0.664. The van der Waals surface area contributed by atoms with Crippen molar-refractivity contribution in [3.05, 3.63) is 0 Å². The Morgan fingerprint density at radius 2 is 1.89 bits per heavy atom. The predicted octanol–water partition coefficient (Wildman–Crippen LogP) is 3.23. The van der Waals surface area contributed by atoms with Gasteiger partial charge in [-0.3, -0.25) is 4.79 Å². The van der Waals surface area contributed by atoms with E-state index in [9.17, 15) is 4.79 Å². The van der Waals surface area contributed by atoms with E-state index >= 15 is 0 Å². The van der Waals surface area contributed by atoms with Crippen LogP contribution in [0.5, 0.6) is 0 Å². The van der Waals surface area contributed by atoms with Crippen molar-refractivity contribution in [2.75, 3.05) is 6.54 Å². The highest BCUT2D eigenvalue weighted by atomic mass is 16.1. The summed E-state index contributed by atoms with van der Waals surface area (Å²) in [6.07, 6.45) is 10.5. The maximum absolute atomic E-state index is 12.2. The lowest BCUT2D eigenvalue weighted by Crippen LogP contribution is -2.39. The molecule has 1 aliphatic carbocycles. The van der Waals surface area contributed by atoms with E-state index in [2.05, 4.69) is 19.2 Å². The highest BCUT2D eigenvalue weighted by Gasteiger charge is 2.26. The Morgan fingerprint density at radius 3 is 2.47 bits per heavy atom. The SMILES string of the molecule is CCCCCCC(C)NC(=O)C1CCC(CN)CC1. The van der Waals surface area contributed by atoms with Crippen molar-refractivity contribution in [1.29, 1.82) is 0 Å². The molecule has 1 atom stereocenters. The fourth-order valence-corrected chi connectivity index (χ4v) is 2.97. The van der Waals surface area contributed by atoms with Gasteiger partial charge in [0.1, 0.15) is 0 Å². The molecule has 1 fully saturated rings. The summed E-state index contributed by atoms with van der Waals surface area (Å²) >= 11 is 0. The first-order chi connectivity index (χ1) is 9.17. The van der Waals surface area contributed by atoms with Crippen molar-refractivity contribution in [2.45, 2.75) is 77.7 Å². The van der Waals surface area contributed by atoms with E-state index in [1.807, 2.05) is 0 Å². The number of rotatable bonds is 8. The fraction of sp³-hybridized carbons (Fsp3) is 0.938. The molecule has 1 amide bonds. The number of hydrogen-bond donors (Lipinski definition) is 2. The zero-order chi connectivity index (χ0) is 14.1. The van der Waals surface area contributed by atoms with Crippen molar-refractivity contribution in [3.63, 3.8) is 0 Å². The molecule has 0 heterocycles. The highest BCUT2D eigenvalue weighted by molar-refractivity contribution is 5.78. The molecule has 1 saturated carbocycles. The molecule has 3 heteroatoms. The molecular weight excluding hydrogens is 236 g/mol. The number of hydrogen-bond acceptors (Lipinski definition) is 2. The number of nitrogens with two attached hydrogens (primary N) is 1. The fourth-order valence-electron chi connectivity index (χ4n) is 2.97. The van der Waals surface area contributed by atoms with E-state index < -0.39 is 0 Å². The van der Waals surface area contributed by atoms with Gasteiger partial charge < -0.3 is 11.1 Å². The average Bonchev–Trinajstić information content (AvgIpc) is 2.43. The van der Waals surface area contributed by atoms with E-state index in [-0.39, 0.29) is 11.8 Å². The van der Waals surface area contributed by atoms with Crippen LogP contribution in [0.3, 0.4) is 0 Å². The molecule has 0 aliphatic heterocycles. The van der Waals surface area contributed by atoms with Gasteiger partial charge in [-0.15, -0.1) is 0 Å². The number of carbonyl (C=O) groups excluding carboxylic acids is 1. The molecule has 0 spiro atoms. The summed E-state index contributed by atoms with van der Waals surface area (Å²) in [5, 5.41) is 3.19. The summed E-state index contributed by atoms with van der Waals surface area (Å²) in [7, 11) is 0. The molecule has 1 rings (SSSR count). The molecule has 0 aromatic carbocycles. The Balaban J connectivity index is 2.16. The molecule has 0 radical (unpaired) electrons. The topological polar surface area (TPSA) is 55.1 Å². The van der Waals surface area contributed by atoms with Crippen LogP contribution in [-0.2, 0) is 4.79 Å². The first kappa shape index (κ1) is 16.5. The smallest absolute Gasteiger partial charge is 0.223 e. The summed E-state index contributed by atoms with van der Waals surface area (Å²) in [6.45, 7) is 5.14. The van der Waals surface area contributed by atoms with Crippen LogP contribution >= 0.6 is 0 Å². The third kappa shape index (κ3) is 6.42. The van der Waals surface area contributed by atoms with E-state index in [1.54, 1.807) is 0 Å². The Labute approximate surface area is 118 Å². The normalized spacial score (nSPS) is 25.0. The van der Waals surface area contributed by atoms with Crippen molar-refractivity contribution < 1.29 is 4.79 Å². The lowest BCUT2D eigenvalue weighted by atomic mass is 9.81. The summed E-state index contributed by atoms with van der Waals surface area (Å²) in [5.41, 5.74) is 5.68. The molecule has 3 nitrogen and oxygen atoms in total. The zero-order valence-corrected chi connectivity index (χ0v) is 12.8. The minimum Gasteiger partial charge on any atom is -0.353 e. The molecule has 19 heavy (non-hydrogen) atoms. The Kier molecular flexibility index (Phi) is 8.11. The minimum atomic E-state index is 0.237. The maximum Gasteiger partial charge on any atom is 0.223 e. The first-order valence-electron chi connectivity index (χ1n) is 8.17. The van der Waals surface area contributed by atoms with Crippen molar-refractivity contribution in [1.82, 2.24) is 5.32 Å². The van der Waals surface area contributed by atoms with Crippen LogP contribution in [0.25, 0.3) is 0 Å². The van der Waals surface area contributed by atoms with E-state index in [1.165, 1.54) is 25.7 Å². The average molecular weight is 268 g/mol. The molecule has 112 valence electrons. The van der Waals surface area contributed by atoms with Gasteiger partial charge in [0.05, 0.1) is 0 Å². The van der Waals surface area contributed by atoms with E-state index in [4.69, 9.17) is 5.73 Å². The molecule has 0 bridgehead atoms. The van der Waals surface area contributed by atoms with Crippen LogP contribution in [0, 0.1) is 11.8 Å². The minimum absolute atomic E-state index is 0.237. The van der Waals surface area contributed by atoms with Crippen LogP contribution < -0.4 is 11.1 Å². The Bertz CT molecular complexity index is 247. The van der Waals surface area contributed by atoms with Crippen molar-refractivity contribution >= 4 is 5.91 Å². The second-order valence-electron chi connectivity index (χ2n) is 6.21. The van der Waals surface area contributed by atoms with Crippen LogP contribution in [0.1, 0.15) is 71.6 Å². The lowest BCUT2D eigenvalue weighted by Gasteiger charge is -2.28. The van der Waals surface area contributed by atoms with E-state index in [0.29, 0.717) is 12.0 Å². The van der Waals surface area contributed by atoms with Crippen molar-refractivity contribution in [3.8, 4) is 0 Å². The number of unbranched alkanes of at least 4 members (excludes halogenated alkanes) is 3. The Hall–Kier alpha value is -0.570. The number of nitrogens with one attached hydrogen (secondary N) is 1. The lowest BCUT2D eigenvalue weighted by molar-refractivity contribution is -0.126. The van der Waals surface area contributed by atoms with Gasteiger partial charge >= 0.3 is 0 Å². The van der Waals surface area contributed by atoms with Crippen molar-refractivity contribution in [2.24, 2.45) is 17.6 Å². The van der Waals surface area contributed by atoms with Gasteiger partial charge in [0, 0.05) is 12.0 Å². The molecule has 0 aromatic rings. The molecule has 1 unspecified atom stereocenters. The van der Waals surface area contributed by atoms with Crippen LogP contribution in [0.2, 0.25) is 0 Å². The maximum atomic E-state index is 12.2. The van der Waals surface area contributed by atoms with Gasteiger partial charge in [-0.1, -0.05) is 32.6 Å². The van der Waals surface area contributed by atoms with Gasteiger partial charge in [-0.2, -0.15) is 0 Å². The van der Waals surface area contributed by atoms with Crippen LogP contribution in [0.4, 0.5) is 0 Å². The summed E-state index contributed by atoms with van der Waals surface area (Å²) in [5.74, 6) is 1.16. The summed E-state index contributed by atoms with van der Waals surface area (Å²) in [4.78, 5) is 12.2. The first-order valence-corrected chi connectivity index (χ1v) is 8.17. The summed E-state index contributed by atoms with van der Waals surface area (Å²) < 4.78 is 0. The third-order valence-electron chi connectivity index (χ3n) is 4.43. The monoisotopic (exact) mass is 268 g/mol. The molecule has 3 N–H and O–H groups in total. The Morgan fingerprint density at radius 1 is 1.21 bits per heavy atom. The zero-order valence-electron chi connectivity index (χ0n) is 12.8. The van der Waals surface area contributed by atoms with Crippen LogP contribution in [0.15, 0.2) is 0 Å². The second-order valence-corrected chi connectivity index (χ2v) is 6.21. The molecule has 0 saturated heterocycles. The van der Waals surface area contributed by atoms with Gasteiger partial charge in [0.15, 0.2) is 0 Å². The van der Waals surface area contributed by atoms with Gasteiger partial charge in [-0.25, -0.2) is 0 Å². The number of carbonyl (C=O) groups is 1. The second kappa shape index (κ2) is 9.35. The van der Waals surface area contributed by atoms with E-state index in [0.717, 1.165) is 38.6 Å². The third-order valence-corrected chi connectivity index (χ3v) is 4.43. The van der Waals surface area contributed by atoms with Gasteiger partial charge in [0.2, 0.25) is 5.91 Å². The highest BCUT2D eigenvalue weighted by Crippen LogP contribution is 2.28. The standard InChI is InChI=1S/C16H32N2O/c1-3-4-5-6-7-13(2)18-16(19)15-10-8-14(12-17)9-11-15/h13-15H,3-12,17H2,1-2H3,(H,18,19). The molecule has 0 aromatic heterocycles. The van der Waals surface area contributed by atoms with Gasteiger partial charge in [-0.05, 0) is 51.5 Å². The predicted molar refractivity (Wildman–Crippen MR) is 80.9 cm³/mol.